The zero-order valence-electron chi connectivity index (χ0n) is 16.0. The molecule has 0 amide bonds. The van der Waals surface area contributed by atoms with E-state index in [1.54, 1.807) is 7.11 Å². The van der Waals surface area contributed by atoms with Crippen molar-refractivity contribution < 1.29 is 13.2 Å². The van der Waals surface area contributed by atoms with E-state index in [1.807, 2.05) is 44.2 Å². The number of sulfone groups is 1. The van der Waals surface area contributed by atoms with E-state index in [9.17, 15) is 8.42 Å². The summed E-state index contributed by atoms with van der Waals surface area (Å²) < 4.78 is 28.9. The quantitative estimate of drug-likeness (QED) is 0.777. The van der Waals surface area contributed by atoms with Gasteiger partial charge in [0.15, 0.2) is 9.84 Å². The van der Waals surface area contributed by atoms with Crippen molar-refractivity contribution in [1.29, 1.82) is 0 Å². The smallest absolute Gasteiger partial charge is 0.152 e. The van der Waals surface area contributed by atoms with E-state index in [4.69, 9.17) is 4.74 Å². The van der Waals surface area contributed by atoms with Crippen molar-refractivity contribution >= 4 is 21.5 Å². The largest absolute Gasteiger partial charge is 0.497 e. The van der Waals surface area contributed by atoms with E-state index in [2.05, 4.69) is 20.2 Å². The molecule has 1 fully saturated rings. The van der Waals surface area contributed by atoms with E-state index >= 15 is 0 Å². The summed E-state index contributed by atoms with van der Waals surface area (Å²) in [5.74, 6) is 3.42. The van der Waals surface area contributed by atoms with Gasteiger partial charge in [-0.25, -0.2) is 18.4 Å². The van der Waals surface area contributed by atoms with Gasteiger partial charge in [0.2, 0.25) is 0 Å². The number of methoxy groups -OCH3 is 1. The molecular weight excluding hydrogens is 364 g/mol. The molecule has 1 aliphatic heterocycles. The predicted molar refractivity (Wildman–Crippen MR) is 107 cm³/mol. The van der Waals surface area contributed by atoms with Crippen LogP contribution in [-0.4, -0.2) is 49.6 Å². The molecular formula is C19H26N4O3S. The second kappa shape index (κ2) is 8.12. The Morgan fingerprint density at radius 3 is 2.59 bits per heavy atom. The van der Waals surface area contributed by atoms with Crippen LogP contribution in [0.5, 0.6) is 5.75 Å². The number of hydrogen-bond donors (Lipinski definition) is 1. The van der Waals surface area contributed by atoms with E-state index in [1.165, 1.54) is 0 Å². The van der Waals surface area contributed by atoms with Crippen LogP contribution in [0.25, 0.3) is 0 Å². The van der Waals surface area contributed by atoms with Crippen molar-refractivity contribution in [2.75, 3.05) is 35.4 Å². The van der Waals surface area contributed by atoms with Crippen molar-refractivity contribution in [3.05, 3.63) is 41.7 Å². The molecule has 1 aromatic heterocycles. The lowest BCUT2D eigenvalue weighted by Gasteiger charge is -2.28. The van der Waals surface area contributed by atoms with Crippen LogP contribution in [-0.2, 0) is 16.4 Å². The van der Waals surface area contributed by atoms with Gasteiger partial charge in [-0.3, -0.25) is 0 Å². The Morgan fingerprint density at radius 1 is 1.26 bits per heavy atom. The van der Waals surface area contributed by atoms with Gasteiger partial charge in [0, 0.05) is 25.2 Å². The van der Waals surface area contributed by atoms with Crippen molar-refractivity contribution in [2.45, 2.75) is 32.9 Å². The van der Waals surface area contributed by atoms with E-state index < -0.39 is 9.84 Å². The second-order valence-electron chi connectivity index (χ2n) is 6.70. The van der Waals surface area contributed by atoms with Crippen LogP contribution in [0.3, 0.4) is 0 Å². The average Bonchev–Trinajstić information content (AvgIpc) is 3.00. The van der Waals surface area contributed by atoms with Crippen LogP contribution in [0, 0.1) is 6.92 Å². The zero-order chi connectivity index (χ0) is 19.4. The molecule has 1 N–H and O–H groups in total. The third kappa shape index (κ3) is 4.88. The summed E-state index contributed by atoms with van der Waals surface area (Å²) in [5, 5.41) is 3.33. The molecule has 146 valence electrons. The highest BCUT2D eigenvalue weighted by atomic mass is 32.2. The van der Waals surface area contributed by atoms with Gasteiger partial charge in [-0.15, -0.1) is 0 Å². The Hall–Kier alpha value is -2.35. The normalized spacial score (nSPS) is 18.3. The minimum Gasteiger partial charge on any atom is -0.497 e. The van der Waals surface area contributed by atoms with Gasteiger partial charge in [-0.05, 0) is 38.0 Å². The average molecular weight is 391 g/mol. The SMILES string of the molecule is CCN(c1cc(NCc2ccc(OC)cc2)nc(C)n1)C1CCS(=O)(=O)C1. The van der Waals surface area contributed by atoms with Gasteiger partial charge < -0.3 is 15.0 Å². The number of ether oxygens (including phenoxy) is 1. The lowest BCUT2D eigenvalue weighted by Crippen LogP contribution is -2.37. The molecule has 1 saturated heterocycles. The summed E-state index contributed by atoms with van der Waals surface area (Å²) in [6.45, 7) is 5.20. The standard InChI is InChI=1S/C19H26N4O3S/c1-4-23(16-9-10-27(24,25)13-16)19-11-18(21-14(2)22-19)20-12-15-5-7-17(26-3)8-6-15/h5-8,11,16H,4,9-10,12-13H2,1-3H3,(H,20,21,22). The second-order valence-corrected chi connectivity index (χ2v) is 8.93. The van der Waals surface area contributed by atoms with Crippen LogP contribution in [0.1, 0.15) is 24.7 Å². The fourth-order valence-electron chi connectivity index (χ4n) is 3.35. The fraction of sp³-hybridized carbons (Fsp3) is 0.474. The predicted octanol–water partition coefficient (Wildman–Crippen LogP) is 2.42. The number of nitrogens with zero attached hydrogens (tertiary/aromatic N) is 3. The highest BCUT2D eigenvalue weighted by Gasteiger charge is 2.32. The summed E-state index contributed by atoms with van der Waals surface area (Å²) in [6, 6.07) is 9.72. The van der Waals surface area contributed by atoms with Crippen molar-refractivity contribution in [3.8, 4) is 5.75 Å². The highest BCUT2D eigenvalue weighted by Crippen LogP contribution is 2.24. The van der Waals surface area contributed by atoms with Crippen molar-refractivity contribution in [2.24, 2.45) is 0 Å². The maximum Gasteiger partial charge on any atom is 0.152 e. The number of anilines is 2. The first-order valence-corrected chi connectivity index (χ1v) is 10.9. The zero-order valence-corrected chi connectivity index (χ0v) is 16.8. The van der Waals surface area contributed by atoms with Crippen LogP contribution >= 0.6 is 0 Å². The number of aromatic nitrogens is 2. The Morgan fingerprint density at radius 2 is 2.00 bits per heavy atom. The molecule has 2 heterocycles. The Labute approximate surface area is 160 Å². The van der Waals surface area contributed by atoms with Crippen molar-refractivity contribution in [3.63, 3.8) is 0 Å². The fourth-order valence-corrected chi connectivity index (χ4v) is 5.08. The molecule has 0 radical (unpaired) electrons. The topological polar surface area (TPSA) is 84.4 Å². The van der Waals surface area contributed by atoms with Gasteiger partial charge in [0.1, 0.15) is 23.2 Å². The Bertz CT molecular complexity index is 884. The monoisotopic (exact) mass is 390 g/mol. The van der Waals surface area contributed by atoms with Crippen LogP contribution in [0.2, 0.25) is 0 Å². The van der Waals surface area contributed by atoms with Gasteiger partial charge in [0.05, 0.1) is 18.6 Å². The minimum absolute atomic E-state index is 0.0243. The summed E-state index contributed by atoms with van der Waals surface area (Å²) >= 11 is 0. The number of benzene rings is 1. The molecule has 1 atom stereocenters. The van der Waals surface area contributed by atoms with Gasteiger partial charge >= 0.3 is 0 Å². The molecule has 0 bridgehead atoms. The third-order valence-corrected chi connectivity index (χ3v) is 6.49. The van der Waals surface area contributed by atoms with Crippen LogP contribution in [0.4, 0.5) is 11.6 Å². The van der Waals surface area contributed by atoms with E-state index in [-0.39, 0.29) is 17.5 Å². The van der Waals surface area contributed by atoms with E-state index in [0.717, 1.165) is 22.9 Å². The molecule has 1 aromatic carbocycles. The Kier molecular flexibility index (Phi) is 5.84. The first kappa shape index (κ1) is 19.4. The maximum absolute atomic E-state index is 11.9. The molecule has 8 heteroatoms. The molecule has 27 heavy (non-hydrogen) atoms. The Balaban J connectivity index is 1.74. The number of aryl methyl sites for hydroxylation is 1. The van der Waals surface area contributed by atoms with Gasteiger partial charge in [0.25, 0.3) is 0 Å². The molecule has 1 unspecified atom stereocenters. The molecule has 7 nitrogen and oxygen atoms in total. The molecule has 0 saturated carbocycles. The first-order valence-electron chi connectivity index (χ1n) is 9.09. The van der Waals surface area contributed by atoms with Crippen LogP contribution in [0.15, 0.2) is 30.3 Å². The first-order chi connectivity index (χ1) is 12.9. The summed E-state index contributed by atoms with van der Waals surface area (Å²) in [5.41, 5.74) is 1.11. The summed E-state index contributed by atoms with van der Waals surface area (Å²) in [7, 11) is -1.30. The molecule has 0 spiro atoms. The minimum atomic E-state index is -2.94. The molecule has 0 aliphatic carbocycles. The molecule has 1 aliphatic rings. The van der Waals surface area contributed by atoms with Gasteiger partial charge in [-0.1, -0.05) is 12.1 Å². The lowest BCUT2D eigenvalue weighted by molar-refractivity contribution is 0.414. The molecule has 3 rings (SSSR count). The lowest BCUT2D eigenvalue weighted by atomic mass is 10.2. The van der Waals surface area contributed by atoms with Crippen molar-refractivity contribution in [1.82, 2.24) is 9.97 Å². The summed E-state index contributed by atoms with van der Waals surface area (Å²) in [6.07, 6.45) is 0.647. The third-order valence-electron chi connectivity index (χ3n) is 4.74. The number of hydrogen-bond acceptors (Lipinski definition) is 7. The summed E-state index contributed by atoms with van der Waals surface area (Å²) in [4.78, 5) is 11.1. The van der Waals surface area contributed by atoms with Crippen LogP contribution < -0.4 is 15.0 Å². The highest BCUT2D eigenvalue weighted by molar-refractivity contribution is 7.91. The van der Waals surface area contributed by atoms with E-state index in [0.29, 0.717) is 25.3 Å². The number of nitrogens with one attached hydrogen (secondary N) is 1. The molecule has 2 aromatic rings. The maximum atomic E-state index is 11.9. The van der Waals surface area contributed by atoms with Gasteiger partial charge in [-0.2, -0.15) is 0 Å². The number of rotatable bonds is 7.